The van der Waals surface area contributed by atoms with Crippen LogP contribution < -0.4 is 11.3 Å². The Morgan fingerprint density at radius 3 is 2.72 bits per heavy atom. The SMILES string of the molecule is C=P(C)(C)CC[C@H]1O[C@@H](n2cnc3c(=O)n(C)c(N)nc32)[C@H](O)[C@@H]1O. The summed E-state index contributed by atoms with van der Waals surface area (Å²) in [4.78, 5) is 20.5. The molecular weight excluding hydrogens is 345 g/mol. The second-order valence-electron chi connectivity index (χ2n) is 7.15. The van der Waals surface area contributed by atoms with Gasteiger partial charge in [-0.3, -0.25) is 13.9 Å². The van der Waals surface area contributed by atoms with Crippen LogP contribution in [-0.4, -0.2) is 73.4 Å². The third-order valence-electron chi connectivity index (χ3n) is 4.47. The average molecular weight is 369 g/mol. The number of nitrogens with two attached hydrogens (primary N) is 1. The van der Waals surface area contributed by atoms with E-state index in [1.165, 1.54) is 22.5 Å². The zero-order chi connectivity index (χ0) is 18.5. The van der Waals surface area contributed by atoms with Crippen LogP contribution in [0.15, 0.2) is 11.1 Å². The molecule has 0 aliphatic carbocycles. The summed E-state index contributed by atoms with van der Waals surface area (Å²) in [5.41, 5.74) is 5.73. The highest BCUT2D eigenvalue weighted by Crippen LogP contribution is 2.39. The number of imidazole rings is 1. The lowest BCUT2D eigenvalue weighted by atomic mass is 10.1. The van der Waals surface area contributed by atoms with Crippen LogP contribution in [0.4, 0.5) is 5.95 Å². The number of aliphatic hydroxyl groups is 2. The summed E-state index contributed by atoms with van der Waals surface area (Å²) in [5.74, 6) is 0.0347. The molecule has 0 spiro atoms. The smallest absolute Gasteiger partial charge is 0.282 e. The lowest BCUT2D eigenvalue weighted by molar-refractivity contribution is -0.0353. The number of rotatable bonds is 4. The maximum absolute atomic E-state index is 12.2. The molecule has 2 aromatic rings. The van der Waals surface area contributed by atoms with Gasteiger partial charge in [0.05, 0.1) is 12.4 Å². The van der Waals surface area contributed by atoms with E-state index in [0.717, 1.165) is 6.16 Å². The van der Waals surface area contributed by atoms with Crippen LogP contribution in [-0.2, 0) is 11.8 Å². The zero-order valence-electron chi connectivity index (χ0n) is 14.5. The van der Waals surface area contributed by atoms with Gasteiger partial charge in [0, 0.05) is 7.05 Å². The van der Waals surface area contributed by atoms with Gasteiger partial charge in [0.1, 0.15) is 12.2 Å². The van der Waals surface area contributed by atoms with Gasteiger partial charge in [0.15, 0.2) is 17.4 Å². The molecule has 0 saturated carbocycles. The Balaban J connectivity index is 1.93. The fraction of sp³-hybridized carbons (Fsp3) is 0.600. The van der Waals surface area contributed by atoms with Crippen LogP contribution >= 0.6 is 6.89 Å². The molecule has 1 saturated heterocycles. The van der Waals surface area contributed by atoms with Gasteiger partial charge in [-0.15, -0.1) is 13.2 Å². The third-order valence-corrected chi connectivity index (χ3v) is 5.94. The van der Waals surface area contributed by atoms with Crippen molar-refractivity contribution >= 4 is 30.3 Å². The van der Waals surface area contributed by atoms with Crippen LogP contribution in [0, 0.1) is 0 Å². The predicted octanol–water partition coefficient (Wildman–Crippen LogP) is -0.569. The average Bonchev–Trinajstić information content (AvgIpc) is 3.05. The molecule has 4 N–H and O–H groups in total. The molecule has 10 heteroatoms. The first-order chi connectivity index (χ1) is 11.6. The maximum atomic E-state index is 12.2. The number of anilines is 1. The summed E-state index contributed by atoms with van der Waals surface area (Å²) >= 11 is 0. The highest BCUT2D eigenvalue weighted by atomic mass is 31.2. The molecule has 0 bridgehead atoms. The van der Waals surface area contributed by atoms with E-state index >= 15 is 0 Å². The van der Waals surface area contributed by atoms with Gasteiger partial charge in [0.25, 0.3) is 5.56 Å². The molecule has 4 atom stereocenters. The summed E-state index contributed by atoms with van der Waals surface area (Å²) in [6.07, 6.45) is 3.39. The Labute approximate surface area is 145 Å². The van der Waals surface area contributed by atoms with Gasteiger partial charge in [-0.1, -0.05) is 0 Å². The molecule has 1 aliphatic rings. The number of hydrogen-bond donors (Lipinski definition) is 3. The molecule has 3 heterocycles. The van der Waals surface area contributed by atoms with Crippen molar-refractivity contribution in [2.24, 2.45) is 7.05 Å². The van der Waals surface area contributed by atoms with Gasteiger partial charge in [-0.25, -0.2) is 4.98 Å². The highest BCUT2D eigenvalue weighted by Gasteiger charge is 2.44. The van der Waals surface area contributed by atoms with Crippen LogP contribution in [0.25, 0.3) is 11.2 Å². The van der Waals surface area contributed by atoms with E-state index in [-0.39, 0.29) is 22.7 Å². The van der Waals surface area contributed by atoms with Gasteiger partial charge >= 0.3 is 0 Å². The Kier molecular flexibility index (Phi) is 4.53. The van der Waals surface area contributed by atoms with E-state index in [1.54, 1.807) is 0 Å². The molecule has 9 nitrogen and oxygen atoms in total. The van der Waals surface area contributed by atoms with E-state index in [9.17, 15) is 15.0 Å². The highest BCUT2D eigenvalue weighted by molar-refractivity contribution is 7.72. The van der Waals surface area contributed by atoms with Gasteiger partial charge < -0.3 is 20.7 Å². The number of ether oxygens (including phenoxy) is 1. The third kappa shape index (κ3) is 3.25. The van der Waals surface area contributed by atoms with Crippen LogP contribution in [0.3, 0.4) is 0 Å². The van der Waals surface area contributed by atoms with Crippen molar-refractivity contribution in [1.29, 1.82) is 0 Å². The quantitative estimate of drug-likeness (QED) is 0.616. The Hall–Kier alpha value is -1.67. The number of nitrogen functional groups attached to an aromatic ring is 1. The minimum atomic E-state index is -1.27. The largest absolute Gasteiger partial charge is 0.388 e. The molecule has 0 amide bonds. The summed E-state index contributed by atoms with van der Waals surface area (Å²) in [6.45, 7) is 2.94. The summed E-state index contributed by atoms with van der Waals surface area (Å²) in [6, 6.07) is 0. The number of fused-ring (bicyclic) bond motifs is 1. The van der Waals surface area contributed by atoms with Crippen molar-refractivity contribution in [3.8, 4) is 0 Å². The van der Waals surface area contributed by atoms with Crippen LogP contribution in [0.1, 0.15) is 12.6 Å². The number of aromatic nitrogens is 4. The van der Waals surface area contributed by atoms with E-state index in [2.05, 4.69) is 29.6 Å². The molecule has 2 aromatic heterocycles. The summed E-state index contributed by atoms with van der Waals surface area (Å²) < 4.78 is 8.51. The first-order valence-electron chi connectivity index (χ1n) is 7.98. The van der Waals surface area contributed by atoms with Crippen LogP contribution in [0.5, 0.6) is 0 Å². The lowest BCUT2D eigenvalue weighted by Gasteiger charge is -2.18. The van der Waals surface area contributed by atoms with Gasteiger partial charge in [-0.2, -0.15) is 4.98 Å². The Morgan fingerprint density at radius 1 is 1.40 bits per heavy atom. The number of hydrogen-bond acceptors (Lipinski definition) is 7. The molecule has 1 fully saturated rings. The summed E-state index contributed by atoms with van der Waals surface area (Å²) in [7, 11) is 1.51. The fourth-order valence-electron chi connectivity index (χ4n) is 2.92. The monoisotopic (exact) mass is 369 g/mol. The van der Waals surface area contributed by atoms with Crippen LogP contribution in [0.2, 0.25) is 0 Å². The molecule has 0 aromatic carbocycles. The van der Waals surface area contributed by atoms with E-state index in [4.69, 9.17) is 10.5 Å². The van der Waals surface area contributed by atoms with Crippen molar-refractivity contribution in [3.63, 3.8) is 0 Å². The first kappa shape index (κ1) is 18.1. The van der Waals surface area contributed by atoms with E-state index < -0.39 is 31.4 Å². The second-order valence-corrected chi connectivity index (χ2v) is 11.5. The van der Waals surface area contributed by atoms with Gasteiger partial charge in [-0.05, 0) is 25.9 Å². The van der Waals surface area contributed by atoms with E-state index in [0.29, 0.717) is 6.42 Å². The van der Waals surface area contributed by atoms with Crippen molar-refractivity contribution in [2.75, 3.05) is 25.2 Å². The molecular formula is C15H24N5O4P. The van der Waals surface area contributed by atoms with Gasteiger partial charge in [0.2, 0.25) is 5.95 Å². The maximum Gasteiger partial charge on any atom is 0.282 e. The summed E-state index contributed by atoms with van der Waals surface area (Å²) in [5, 5.41) is 20.7. The molecule has 0 unspecified atom stereocenters. The Bertz CT molecular complexity index is 901. The molecule has 25 heavy (non-hydrogen) atoms. The zero-order valence-corrected chi connectivity index (χ0v) is 15.4. The fourth-order valence-corrected chi connectivity index (χ4v) is 3.88. The minimum absolute atomic E-state index is 0.0347. The molecule has 1 aliphatic heterocycles. The second kappa shape index (κ2) is 6.25. The first-order valence-corrected chi connectivity index (χ1v) is 11.0. The van der Waals surface area contributed by atoms with E-state index in [1.807, 2.05) is 0 Å². The normalized spacial score (nSPS) is 27.2. The van der Waals surface area contributed by atoms with Crippen molar-refractivity contribution in [3.05, 3.63) is 16.7 Å². The van der Waals surface area contributed by atoms with Crippen molar-refractivity contribution < 1.29 is 14.9 Å². The number of aliphatic hydroxyl groups excluding tert-OH is 2. The Morgan fingerprint density at radius 2 is 2.08 bits per heavy atom. The lowest BCUT2D eigenvalue weighted by Crippen LogP contribution is -2.32. The minimum Gasteiger partial charge on any atom is -0.388 e. The molecule has 0 radical (unpaired) electrons. The number of nitrogens with zero attached hydrogens (tertiary/aromatic N) is 4. The molecule has 3 rings (SSSR count). The van der Waals surface area contributed by atoms with Crippen molar-refractivity contribution in [2.45, 2.75) is 31.0 Å². The molecule has 138 valence electrons. The predicted molar refractivity (Wildman–Crippen MR) is 98.5 cm³/mol. The topological polar surface area (TPSA) is 128 Å². The standard InChI is InChI=1S/C15H24N5O4P/c1-19-13(23)9-12(18-15(19)16)20(7-17-9)14-11(22)10(21)8(24-14)5-6-25(2,3)4/h7-8,10-11,14,21-22H,2,5-6H2,1,3-4H3,(H2,16,18)/t8-,10-,11-,14-/m1/s1. The van der Waals surface area contributed by atoms with Crippen molar-refractivity contribution in [1.82, 2.24) is 19.1 Å².